The molecule has 4 amide bonds. The summed E-state index contributed by atoms with van der Waals surface area (Å²) in [6, 6.07) is 1.41. The standard InChI is InChI=1S/C15H18N2O3S/c18-12-15(6-2-1-3-7-15)13(19)17(14(20)16-12)8-4-11-5-9-21-10-11/h5,9-10H,1-4,6-8H2,(H,16,18,20). The predicted octanol–water partition coefficient (Wildman–Crippen LogP) is 2.32. The fourth-order valence-corrected chi connectivity index (χ4v) is 3.91. The summed E-state index contributed by atoms with van der Waals surface area (Å²) < 4.78 is 0. The highest BCUT2D eigenvalue weighted by Gasteiger charge is 2.53. The number of thiophene rings is 1. The Labute approximate surface area is 127 Å². The SMILES string of the molecule is O=C1NC(=O)C2(CCCCC2)C(=O)N1CCc1ccsc1. The zero-order chi connectivity index (χ0) is 14.9. The molecular weight excluding hydrogens is 288 g/mol. The summed E-state index contributed by atoms with van der Waals surface area (Å²) in [6.07, 6.45) is 4.52. The molecule has 0 aromatic carbocycles. The van der Waals surface area contributed by atoms with Crippen molar-refractivity contribution in [2.75, 3.05) is 6.54 Å². The summed E-state index contributed by atoms with van der Waals surface area (Å²) in [5, 5.41) is 6.36. The lowest BCUT2D eigenvalue weighted by molar-refractivity contribution is -0.153. The van der Waals surface area contributed by atoms with Crippen LogP contribution in [0.25, 0.3) is 0 Å². The molecule has 6 heteroatoms. The molecule has 5 nitrogen and oxygen atoms in total. The highest BCUT2D eigenvalue weighted by molar-refractivity contribution is 7.07. The summed E-state index contributed by atoms with van der Waals surface area (Å²) in [7, 11) is 0. The summed E-state index contributed by atoms with van der Waals surface area (Å²) in [6.45, 7) is 0.330. The van der Waals surface area contributed by atoms with E-state index in [-0.39, 0.29) is 5.91 Å². The van der Waals surface area contributed by atoms with E-state index in [2.05, 4.69) is 5.32 Å². The number of nitrogens with zero attached hydrogens (tertiary/aromatic N) is 1. The van der Waals surface area contributed by atoms with Gasteiger partial charge >= 0.3 is 6.03 Å². The Kier molecular flexibility index (Phi) is 3.80. The topological polar surface area (TPSA) is 66.5 Å². The molecule has 0 atom stereocenters. The number of rotatable bonds is 3. The first-order valence-corrected chi connectivity index (χ1v) is 8.26. The number of barbiturate groups is 1. The van der Waals surface area contributed by atoms with Crippen molar-refractivity contribution in [1.82, 2.24) is 10.2 Å². The van der Waals surface area contributed by atoms with Gasteiger partial charge in [-0.05, 0) is 41.7 Å². The van der Waals surface area contributed by atoms with Gasteiger partial charge in [-0.2, -0.15) is 11.3 Å². The zero-order valence-electron chi connectivity index (χ0n) is 11.8. The zero-order valence-corrected chi connectivity index (χ0v) is 12.6. The van der Waals surface area contributed by atoms with Gasteiger partial charge in [-0.25, -0.2) is 4.79 Å². The van der Waals surface area contributed by atoms with Gasteiger partial charge in [0.1, 0.15) is 5.41 Å². The molecular formula is C15H18N2O3S. The minimum absolute atomic E-state index is 0.300. The first-order chi connectivity index (χ1) is 10.1. The average molecular weight is 306 g/mol. The second kappa shape index (κ2) is 5.60. The smallest absolute Gasteiger partial charge is 0.277 e. The van der Waals surface area contributed by atoms with Crippen LogP contribution < -0.4 is 5.32 Å². The third-order valence-electron chi connectivity index (χ3n) is 4.47. The van der Waals surface area contributed by atoms with Gasteiger partial charge < -0.3 is 0 Å². The van der Waals surface area contributed by atoms with Gasteiger partial charge in [0.2, 0.25) is 11.8 Å². The lowest BCUT2D eigenvalue weighted by atomic mass is 9.71. The molecule has 112 valence electrons. The average Bonchev–Trinajstić information content (AvgIpc) is 3.00. The predicted molar refractivity (Wildman–Crippen MR) is 78.8 cm³/mol. The minimum atomic E-state index is -0.999. The number of carbonyl (C=O) groups is 3. The lowest BCUT2D eigenvalue weighted by Gasteiger charge is -2.41. The van der Waals surface area contributed by atoms with Crippen LogP contribution in [0.1, 0.15) is 37.7 Å². The van der Waals surface area contributed by atoms with Crippen LogP contribution in [-0.2, 0) is 16.0 Å². The van der Waals surface area contributed by atoms with E-state index in [1.165, 1.54) is 4.90 Å². The fraction of sp³-hybridized carbons (Fsp3) is 0.533. The third kappa shape index (κ3) is 2.48. The Hall–Kier alpha value is -1.69. The van der Waals surface area contributed by atoms with Crippen molar-refractivity contribution < 1.29 is 14.4 Å². The van der Waals surface area contributed by atoms with Crippen molar-refractivity contribution in [2.24, 2.45) is 5.41 Å². The normalized spacial score (nSPS) is 21.7. The number of urea groups is 1. The van der Waals surface area contributed by atoms with Crippen molar-refractivity contribution >= 4 is 29.2 Å². The molecule has 3 rings (SSSR count). The van der Waals surface area contributed by atoms with E-state index in [4.69, 9.17) is 0 Å². The number of imide groups is 2. The van der Waals surface area contributed by atoms with Gasteiger partial charge in [0, 0.05) is 6.54 Å². The first kappa shape index (κ1) is 14.3. The van der Waals surface area contributed by atoms with Gasteiger partial charge in [-0.3, -0.25) is 19.8 Å². The Bertz CT molecular complexity index is 561. The maximum absolute atomic E-state index is 12.7. The lowest BCUT2D eigenvalue weighted by Crippen LogP contribution is -2.64. The van der Waals surface area contributed by atoms with E-state index in [9.17, 15) is 14.4 Å². The fourth-order valence-electron chi connectivity index (χ4n) is 3.21. The molecule has 1 aromatic heterocycles. The van der Waals surface area contributed by atoms with E-state index in [1.54, 1.807) is 11.3 Å². The molecule has 2 aliphatic rings. The number of amides is 4. The number of nitrogens with one attached hydrogen (secondary N) is 1. The van der Waals surface area contributed by atoms with E-state index < -0.39 is 17.4 Å². The second-order valence-electron chi connectivity index (χ2n) is 5.74. The van der Waals surface area contributed by atoms with Crippen LogP contribution in [0.4, 0.5) is 4.79 Å². The Morgan fingerprint density at radius 1 is 1.19 bits per heavy atom. The van der Waals surface area contributed by atoms with Gasteiger partial charge in [-0.1, -0.05) is 19.3 Å². The van der Waals surface area contributed by atoms with Crippen LogP contribution in [0.2, 0.25) is 0 Å². The van der Waals surface area contributed by atoms with E-state index in [0.29, 0.717) is 25.8 Å². The summed E-state index contributed by atoms with van der Waals surface area (Å²) in [4.78, 5) is 38.1. The quantitative estimate of drug-likeness (QED) is 0.872. The van der Waals surface area contributed by atoms with Gasteiger partial charge in [0.15, 0.2) is 0 Å². The molecule has 1 spiro atoms. The molecule has 1 saturated carbocycles. The third-order valence-corrected chi connectivity index (χ3v) is 5.20. The minimum Gasteiger partial charge on any atom is -0.277 e. The van der Waals surface area contributed by atoms with Crippen molar-refractivity contribution in [3.63, 3.8) is 0 Å². The Balaban J connectivity index is 1.77. The van der Waals surface area contributed by atoms with E-state index in [1.807, 2.05) is 16.8 Å². The number of hydrogen-bond acceptors (Lipinski definition) is 4. The van der Waals surface area contributed by atoms with Gasteiger partial charge in [-0.15, -0.1) is 0 Å². The summed E-state index contributed by atoms with van der Waals surface area (Å²) in [5.41, 5.74) is 0.107. The van der Waals surface area contributed by atoms with Gasteiger partial charge in [0.05, 0.1) is 0 Å². The first-order valence-electron chi connectivity index (χ1n) is 7.32. The molecule has 1 aromatic rings. The number of carbonyl (C=O) groups excluding carboxylic acids is 3. The molecule has 1 aliphatic carbocycles. The van der Waals surface area contributed by atoms with Crippen LogP contribution in [-0.4, -0.2) is 29.3 Å². The highest BCUT2D eigenvalue weighted by atomic mass is 32.1. The summed E-state index contributed by atoms with van der Waals surface area (Å²) >= 11 is 1.59. The van der Waals surface area contributed by atoms with Crippen molar-refractivity contribution in [3.05, 3.63) is 22.4 Å². The van der Waals surface area contributed by atoms with Crippen LogP contribution >= 0.6 is 11.3 Å². The van der Waals surface area contributed by atoms with Crippen LogP contribution in [0, 0.1) is 5.41 Å². The Morgan fingerprint density at radius 2 is 1.95 bits per heavy atom. The number of hydrogen-bond donors (Lipinski definition) is 1. The molecule has 21 heavy (non-hydrogen) atoms. The second-order valence-corrected chi connectivity index (χ2v) is 6.52. The van der Waals surface area contributed by atoms with Crippen molar-refractivity contribution in [3.8, 4) is 0 Å². The van der Waals surface area contributed by atoms with Crippen LogP contribution in [0.5, 0.6) is 0 Å². The van der Waals surface area contributed by atoms with Crippen LogP contribution in [0.15, 0.2) is 16.8 Å². The molecule has 0 radical (unpaired) electrons. The maximum atomic E-state index is 12.7. The monoisotopic (exact) mass is 306 g/mol. The molecule has 1 N–H and O–H groups in total. The molecule has 1 aliphatic heterocycles. The molecule has 0 bridgehead atoms. The molecule has 2 fully saturated rings. The van der Waals surface area contributed by atoms with Gasteiger partial charge in [0.25, 0.3) is 0 Å². The summed E-state index contributed by atoms with van der Waals surface area (Å²) in [5.74, 6) is -0.699. The molecule has 2 heterocycles. The van der Waals surface area contributed by atoms with Crippen molar-refractivity contribution in [1.29, 1.82) is 0 Å². The molecule has 0 unspecified atom stereocenters. The molecule has 1 saturated heterocycles. The van der Waals surface area contributed by atoms with Crippen molar-refractivity contribution in [2.45, 2.75) is 38.5 Å². The Morgan fingerprint density at radius 3 is 2.62 bits per heavy atom. The van der Waals surface area contributed by atoms with E-state index >= 15 is 0 Å². The highest BCUT2D eigenvalue weighted by Crippen LogP contribution is 2.40. The van der Waals surface area contributed by atoms with E-state index in [0.717, 1.165) is 24.8 Å². The van der Waals surface area contributed by atoms with Crippen LogP contribution in [0.3, 0.4) is 0 Å². The maximum Gasteiger partial charge on any atom is 0.330 e. The largest absolute Gasteiger partial charge is 0.330 e.